The highest BCUT2D eigenvalue weighted by atomic mass is 32.1. The van der Waals surface area contributed by atoms with Gasteiger partial charge >= 0.3 is 0 Å². The number of carbonyl (C=O) groups excluding carboxylic acids is 1. The number of amides is 1. The summed E-state index contributed by atoms with van der Waals surface area (Å²) >= 11 is 1.68. The van der Waals surface area contributed by atoms with Gasteiger partial charge in [0.25, 0.3) is 5.69 Å². The van der Waals surface area contributed by atoms with E-state index in [2.05, 4.69) is 16.4 Å². The summed E-state index contributed by atoms with van der Waals surface area (Å²) in [4.78, 5) is 27.5. The van der Waals surface area contributed by atoms with Crippen LogP contribution in [0.15, 0.2) is 72.8 Å². The third kappa shape index (κ3) is 4.47. The first-order chi connectivity index (χ1) is 14.1. The molecular weight excluding hydrogens is 386 g/mol. The molecule has 0 spiro atoms. The molecule has 0 fully saturated rings. The third-order valence-electron chi connectivity index (χ3n) is 4.47. The molecule has 3 aromatic carbocycles. The highest BCUT2D eigenvalue weighted by Gasteiger charge is 2.15. The summed E-state index contributed by atoms with van der Waals surface area (Å²) in [5.74, 6) is -0.293. The summed E-state index contributed by atoms with van der Waals surface area (Å²) in [6.45, 7) is 0. The van der Waals surface area contributed by atoms with Gasteiger partial charge in [0.2, 0.25) is 5.91 Å². The normalized spacial score (nSPS) is 10.8. The van der Waals surface area contributed by atoms with Gasteiger partial charge in [0, 0.05) is 23.7 Å². The predicted molar refractivity (Wildman–Crippen MR) is 114 cm³/mol. The summed E-state index contributed by atoms with van der Waals surface area (Å²) < 4.78 is 1.17. The van der Waals surface area contributed by atoms with Crippen molar-refractivity contribution in [2.45, 2.75) is 12.8 Å². The molecule has 7 heteroatoms. The quantitative estimate of drug-likeness (QED) is 0.364. The second-order valence-corrected chi connectivity index (χ2v) is 7.68. The van der Waals surface area contributed by atoms with Crippen molar-refractivity contribution in [2.75, 3.05) is 5.32 Å². The van der Waals surface area contributed by atoms with E-state index < -0.39 is 4.92 Å². The molecule has 0 bridgehead atoms. The largest absolute Gasteiger partial charge is 0.326 e. The van der Waals surface area contributed by atoms with Gasteiger partial charge in [-0.3, -0.25) is 14.9 Å². The SMILES string of the molecule is O=C(Cc1ccccc1[N+](=O)[O-])Nc1ccc(Cc2nc3ccccc3s2)cc1. The summed E-state index contributed by atoms with van der Waals surface area (Å²) in [5.41, 5.74) is 3.10. The number of nitrogens with zero attached hydrogens (tertiary/aromatic N) is 2. The first kappa shape index (κ1) is 18.8. The third-order valence-corrected chi connectivity index (χ3v) is 5.51. The van der Waals surface area contributed by atoms with Crippen LogP contribution in [-0.2, 0) is 17.6 Å². The first-order valence-electron chi connectivity index (χ1n) is 9.04. The van der Waals surface area contributed by atoms with Crippen LogP contribution in [0.3, 0.4) is 0 Å². The number of rotatable bonds is 6. The Bertz CT molecular complexity index is 1150. The minimum Gasteiger partial charge on any atom is -0.326 e. The molecule has 4 aromatic rings. The van der Waals surface area contributed by atoms with E-state index in [0.717, 1.165) is 22.5 Å². The summed E-state index contributed by atoms with van der Waals surface area (Å²) in [7, 11) is 0. The van der Waals surface area contributed by atoms with Gasteiger partial charge in [0.1, 0.15) is 0 Å². The average molecular weight is 403 g/mol. The Kier molecular flexibility index (Phi) is 5.31. The highest BCUT2D eigenvalue weighted by Crippen LogP contribution is 2.24. The zero-order valence-electron chi connectivity index (χ0n) is 15.4. The molecule has 0 atom stereocenters. The molecule has 29 heavy (non-hydrogen) atoms. The van der Waals surface area contributed by atoms with Crippen molar-refractivity contribution in [2.24, 2.45) is 0 Å². The summed E-state index contributed by atoms with van der Waals surface area (Å²) in [6.07, 6.45) is 0.675. The lowest BCUT2D eigenvalue weighted by Gasteiger charge is -2.07. The molecule has 0 saturated heterocycles. The number of hydrogen-bond acceptors (Lipinski definition) is 5. The second kappa shape index (κ2) is 8.20. The maximum absolute atomic E-state index is 12.3. The van der Waals surface area contributed by atoms with Gasteiger partial charge in [-0.05, 0) is 29.8 Å². The Morgan fingerprint density at radius 2 is 1.72 bits per heavy atom. The van der Waals surface area contributed by atoms with Crippen LogP contribution in [0.4, 0.5) is 11.4 Å². The lowest BCUT2D eigenvalue weighted by molar-refractivity contribution is -0.385. The maximum Gasteiger partial charge on any atom is 0.273 e. The van der Waals surface area contributed by atoms with Gasteiger partial charge in [-0.2, -0.15) is 0 Å². The van der Waals surface area contributed by atoms with E-state index in [9.17, 15) is 14.9 Å². The second-order valence-electron chi connectivity index (χ2n) is 6.56. The number of thiazole rings is 1. The number of nitro groups is 1. The fourth-order valence-corrected chi connectivity index (χ4v) is 4.09. The molecule has 1 amide bonds. The van der Waals surface area contributed by atoms with Crippen molar-refractivity contribution in [3.63, 3.8) is 0 Å². The Morgan fingerprint density at radius 3 is 2.48 bits per heavy atom. The van der Waals surface area contributed by atoms with E-state index in [1.807, 2.05) is 42.5 Å². The van der Waals surface area contributed by atoms with Crippen molar-refractivity contribution in [1.29, 1.82) is 0 Å². The fourth-order valence-electron chi connectivity index (χ4n) is 3.09. The molecule has 0 aliphatic carbocycles. The van der Waals surface area contributed by atoms with Gasteiger partial charge in [0.05, 0.1) is 26.6 Å². The van der Waals surface area contributed by atoms with Gasteiger partial charge in [-0.25, -0.2) is 4.98 Å². The van der Waals surface area contributed by atoms with Gasteiger partial charge < -0.3 is 5.32 Å². The Morgan fingerprint density at radius 1 is 1.00 bits per heavy atom. The molecule has 1 N–H and O–H groups in total. The van der Waals surface area contributed by atoms with Crippen LogP contribution < -0.4 is 5.32 Å². The van der Waals surface area contributed by atoms with Crippen molar-refractivity contribution >= 4 is 38.8 Å². The van der Waals surface area contributed by atoms with Crippen LogP contribution >= 0.6 is 11.3 Å². The Labute approximate surface area is 171 Å². The molecular formula is C22H17N3O3S. The number of aromatic nitrogens is 1. The molecule has 0 saturated carbocycles. The van der Waals surface area contributed by atoms with Gasteiger partial charge in [0.15, 0.2) is 0 Å². The van der Waals surface area contributed by atoms with Crippen LogP contribution in [0.2, 0.25) is 0 Å². The van der Waals surface area contributed by atoms with Crippen molar-refractivity contribution in [1.82, 2.24) is 4.98 Å². The van der Waals surface area contributed by atoms with E-state index in [4.69, 9.17) is 0 Å². The molecule has 6 nitrogen and oxygen atoms in total. The van der Waals surface area contributed by atoms with Crippen LogP contribution in [0.5, 0.6) is 0 Å². The van der Waals surface area contributed by atoms with Crippen molar-refractivity contribution < 1.29 is 9.72 Å². The minimum absolute atomic E-state index is 0.0474. The Balaban J connectivity index is 1.40. The number of nitrogens with one attached hydrogen (secondary N) is 1. The molecule has 0 aliphatic heterocycles. The van der Waals surface area contributed by atoms with Crippen LogP contribution in [0, 0.1) is 10.1 Å². The van der Waals surface area contributed by atoms with E-state index in [0.29, 0.717) is 11.3 Å². The molecule has 0 aliphatic rings. The standard InChI is InChI=1S/C22H17N3O3S/c26-21(14-16-5-1-3-7-19(16)25(27)28)23-17-11-9-15(10-12-17)13-22-24-18-6-2-4-8-20(18)29-22/h1-12H,13-14H2,(H,23,26). The van der Waals surface area contributed by atoms with E-state index in [-0.39, 0.29) is 18.0 Å². The zero-order chi connectivity index (χ0) is 20.2. The monoisotopic (exact) mass is 403 g/mol. The molecule has 0 unspecified atom stereocenters. The van der Waals surface area contributed by atoms with Crippen LogP contribution in [0.1, 0.15) is 16.1 Å². The number of hydrogen-bond donors (Lipinski definition) is 1. The lowest BCUT2D eigenvalue weighted by atomic mass is 10.1. The molecule has 0 radical (unpaired) electrons. The van der Waals surface area contributed by atoms with Gasteiger partial charge in [-0.15, -0.1) is 11.3 Å². The molecule has 1 heterocycles. The lowest BCUT2D eigenvalue weighted by Crippen LogP contribution is -2.15. The fraction of sp³-hybridized carbons (Fsp3) is 0.0909. The predicted octanol–water partition coefficient (Wildman–Crippen LogP) is 4.98. The van der Waals surface area contributed by atoms with Crippen molar-refractivity contribution in [3.05, 3.63) is 99.0 Å². The topological polar surface area (TPSA) is 85.1 Å². The molecule has 1 aromatic heterocycles. The number of fused-ring (bicyclic) bond motifs is 1. The smallest absolute Gasteiger partial charge is 0.273 e. The minimum atomic E-state index is -0.473. The van der Waals surface area contributed by atoms with Crippen LogP contribution in [-0.4, -0.2) is 15.8 Å². The Hall–Kier alpha value is -3.58. The van der Waals surface area contributed by atoms with Crippen molar-refractivity contribution in [3.8, 4) is 0 Å². The number of nitro benzene ring substituents is 1. The van der Waals surface area contributed by atoms with E-state index in [1.54, 1.807) is 29.5 Å². The summed E-state index contributed by atoms with van der Waals surface area (Å²) in [6, 6.07) is 21.9. The molecule has 144 valence electrons. The zero-order valence-corrected chi connectivity index (χ0v) is 16.2. The number of benzene rings is 3. The van der Waals surface area contributed by atoms with Crippen LogP contribution in [0.25, 0.3) is 10.2 Å². The first-order valence-corrected chi connectivity index (χ1v) is 9.86. The highest BCUT2D eigenvalue weighted by molar-refractivity contribution is 7.18. The number of anilines is 1. The van der Waals surface area contributed by atoms with E-state index >= 15 is 0 Å². The summed E-state index contributed by atoms with van der Waals surface area (Å²) in [5, 5.41) is 14.9. The molecule has 4 rings (SSSR count). The number of para-hydroxylation sites is 2. The average Bonchev–Trinajstić information content (AvgIpc) is 3.12. The van der Waals surface area contributed by atoms with Gasteiger partial charge in [-0.1, -0.05) is 42.5 Å². The maximum atomic E-state index is 12.3. The van der Waals surface area contributed by atoms with E-state index in [1.165, 1.54) is 10.8 Å². The number of carbonyl (C=O) groups is 1.